The number of hydrogen-bond donors (Lipinski definition) is 1. The van der Waals surface area contributed by atoms with Crippen molar-refractivity contribution in [1.82, 2.24) is 0 Å². The molecule has 0 saturated heterocycles. The summed E-state index contributed by atoms with van der Waals surface area (Å²) in [5, 5.41) is 13.0. The maximum Gasteiger partial charge on any atom is 0.331 e. The smallest absolute Gasteiger partial charge is 0.331 e. The normalized spacial score (nSPS) is 12.0. The summed E-state index contributed by atoms with van der Waals surface area (Å²) in [6.07, 6.45) is 1.64. The Morgan fingerprint density at radius 2 is 2.14 bits per heavy atom. The molecule has 0 radical (unpaired) electrons. The zero-order chi connectivity index (χ0) is 16.0. The van der Waals surface area contributed by atoms with Crippen LogP contribution in [0.4, 0.5) is 11.4 Å². The van der Waals surface area contributed by atoms with Crippen LogP contribution in [-0.4, -0.2) is 22.9 Å². The summed E-state index contributed by atoms with van der Waals surface area (Å²) in [7, 11) is 0. The first-order valence-corrected chi connectivity index (χ1v) is 6.31. The third kappa shape index (κ3) is 4.88. The lowest BCUT2D eigenvalue weighted by Crippen LogP contribution is -2.29. The molecule has 0 bridgehead atoms. The van der Waals surface area contributed by atoms with Crippen LogP contribution in [0.3, 0.4) is 0 Å². The van der Waals surface area contributed by atoms with Gasteiger partial charge in [-0.1, -0.05) is 17.7 Å². The number of nitrogens with one attached hydrogen (secondary N) is 1. The number of allylic oxidation sites excluding steroid dienone is 1. The molecule has 21 heavy (non-hydrogen) atoms. The first kappa shape index (κ1) is 16.6. The molecule has 1 rings (SSSR count). The lowest BCUT2D eigenvalue weighted by Gasteiger charge is -2.13. The average molecular weight is 313 g/mol. The van der Waals surface area contributed by atoms with Crippen molar-refractivity contribution in [3.8, 4) is 0 Å². The molecule has 0 aliphatic carbocycles. The van der Waals surface area contributed by atoms with E-state index in [2.05, 4.69) is 5.32 Å². The third-order valence-corrected chi connectivity index (χ3v) is 2.70. The molecule has 1 N–H and O–H groups in total. The van der Waals surface area contributed by atoms with Crippen LogP contribution in [0.15, 0.2) is 30.4 Å². The van der Waals surface area contributed by atoms with E-state index < -0.39 is 22.9 Å². The van der Waals surface area contributed by atoms with Gasteiger partial charge in [-0.15, -0.1) is 0 Å². The van der Waals surface area contributed by atoms with E-state index in [-0.39, 0.29) is 16.4 Å². The van der Waals surface area contributed by atoms with Gasteiger partial charge in [-0.25, -0.2) is 4.79 Å². The molecule has 7 nitrogen and oxygen atoms in total. The number of rotatable bonds is 5. The minimum atomic E-state index is -1.03. The van der Waals surface area contributed by atoms with Crippen LogP contribution < -0.4 is 5.32 Å². The molecule has 0 aliphatic rings. The first-order chi connectivity index (χ1) is 9.85. The molecule has 0 aromatic heterocycles. The summed E-state index contributed by atoms with van der Waals surface area (Å²) < 4.78 is 4.84. The van der Waals surface area contributed by atoms with Crippen LogP contribution in [0.1, 0.15) is 13.8 Å². The maximum atomic E-state index is 11.8. The molecular formula is C13H13ClN2O5. The van der Waals surface area contributed by atoms with E-state index in [9.17, 15) is 19.7 Å². The van der Waals surface area contributed by atoms with E-state index in [4.69, 9.17) is 16.3 Å². The van der Waals surface area contributed by atoms with Crippen molar-refractivity contribution in [1.29, 1.82) is 0 Å². The molecule has 1 atom stereocenters. The summed E-state index contributed by atoms with van der Waals surface area (Å²) in [5.41, 5.74) is 0.00626. The van der Waals surface area contributed by atoms with Gasteiger partial charge >= 0.3 is 5.97 Å². The van der Waals surface area contributed by atoms with E-state index >= 15 is 0 Å². The Balaban J connectivity index is 2.74. The summed E-state index contributed by atoms with van der Waals surface area (Å²) in [4.78, 5) is 33.0. The second-order valence-corrected chi connectivity index (χ2v) is 4.40. The number of ether oxygens (including phenoxy) is 1. The lowest BCUT2D eigenvalue weighted by atomic mass is 10.2. The van der Waals surface area contributed by atoms with Gasteiger partial charge in [0.1, 0.15) is 0 Å². The van der Waals surface area contributed by atoms with Crippen LogP contribution in [0.2, 0.25) is 5.02 Å². The van der Waals surface area contributed by atoms with Crippen molar-refractivity contribution < 1.29 is 19.2 Å². The fraction of sp³-hybridized carbons (Fsp3) is 0.231. The topological polar surface area (TPSA) is 98.5 Å². The minimum Gasteiger partial charge on any atom is -0.449 e. The number of esters is 1. The molecule has 0 saturated carbocycles. The molecule has 1 amide bonds. The van der Waals surface area contributed by atoms with Crippen LogP contribution >= 0.6 is 11.6 Å². The molecular weight excluding hydrogens is 300 g/mol. The number of carbonyl (C=O) groups is 2. The molecule has 1 aromatic rings. The van der Waals surface area contributed by atoms with Gasteiger partial charge in [-0.3, -0.25) is 14.9 Å². The Bertz CT molecular complexity index is 600. The fourth-order valence-corrected chi connectivity index (χ4v) is 1.58. The van der Waals surface area contributed by atoms with Crippen molar-refractivity contribution in [2.24, 2.45) is 0 Å². The van der Waals surface area contributed by atoms with E-state index in [1.807, 2.05) is 0 Å². The van der Waals surface area contributed by atoms with Crippen molar-refractivity contribution in [3.63, 3.8) is 0 Å². The van der Waals surface area contributed by atoms with E-state index in [0.717, 1.165) is 6.07 Å². The average Bonchev–Trinajstić information content (AvgIpc) is 2.40. The molecule has 1 aromatic carbocycles. The fourth-order valence-electron chi connectivity index (χ4n) is 1.36. The highest BCUT2D eigenvalue weighted by molar-refractivity contribution is 6.34. The highest BCUT2D eigenvalue weighted by Gasteiger charge is 2.18. The lowest BCUT2D eigenvalue weighted by molar-refractivity contribution is -0.384. The molecule has 0 heterocycles. The van der Waals surface area contributed by atoms with Crippen molar-refractivity contribution in [3.05, 3.63) is 45.5 Å². The summed E-state index contributed by atoms with van der Waals surface area (Å²) >= 11 is 5.84. The number of non-ortho nitro benzene ring substituents is 1. The SMILES string of the molecule is CC=CC(=O)OC(C)C(=O)Nc1ccc([N+](=O)[O-])cc1Cl. The number of anilines is 1. The largest absolute Gasteiger partial charge is 0.449 e. The molecule has 0 aliphatic heterocycles. The zero-order valence-corrected chi connectivity index (χ0v) is 12.1. The Morgan fingerprint density at radius 3 is 2.67 bits per heavy atom. The van der Waals surface area contributed by atoms with Gasteiger partial charge in [0.15, 0.2) is 6.10 Å². The zero-order valence-electron chi connectivity index (χ0n) is 11.3. The summed E-state index contributed by atoms with van der Waals surface area (Å²) in [5.74, 6) is -1.24. The third-order valence-electron chi connectivity index (χ3n) is 2.39. The number of nitro groups is 1. The number of benzene rings is 1. The van der Waals surface area contributed by atoms with E-state index in [0.29, 0.717) is 0 Å². The van der Waals surface area contributed by atoms with Gasteiger partial charge < -0.3 is 10.1 Å². The number of amides is 1. The van der Waals surface area contributed by atoms with Gasteiger partial charge in [0, 0.05) is 18.2 Å². The number of nitrogens with zero attached hydrogens (tertiary/aromatic N) is 1. The van der Waals surface area contributed by atoms with Gasteiger partial charge in [0.05, 0.1) is 15.6 Å². The highest BCUT2D eigenvalue weighted by Crippen LogP contribution is 2.26. The van der Waals surface area contributed by atoms with Crippen molar-refractivity contribution in [2.45, 2.75) is 20.0 Å². The highest BCUT2D eigenvalue weighted by atomic mass is 35.5. The van der Waals surface area contributed by atoms with Gasteiger partial charge in [0.2, 0.25) is 0 Å². The van der Waals surface area contributed by atoms with Crippen LogP contribution in [-0.2, 0) is 14.3 Å². The Labute approximate surface area is 125 Å². The quantitative estimate of drug-likeness (QED) is 0.390. The van der Waals surface area contributed by atoms with Gasteiger partial charge in [-0.2, -0.15) is 0 Å². The predicted octanol–water partition coefficient (Wildman–Crippen LogP) is 2.69. The Morgan fingerprint density at radius 1 is 1.48 bits per heavy atom. The van der Waals surface area contributed by atoms with Crippen LogP contribution in [0, 0.1) is 10.1 Å². The standard InChI is InChI=1S/C13H13ClN2O5/c1-3-4-12(17)21-8(2)13(18)15-11-6-5-9(16(19)20)7-10(11)14/h3-8H,1-2H3,(H,15,18). The van der Waals surface area contributed by atoms with E-state index in [1.54, 1.807) is 6.92 Å². The van der Waals surface area contributed by atoms with Crippen molar-refractivity contribution in [2.75, 3.05) is 5.32 Å². The number of carbonyl (C=O) groups excluding carboxylic acids is 2. The molecule has 1 unspecified atom stereocenters. The van der Waals surface area contributed by atoms with Gasteiger partial charge in [0.25, 0.3) is 11.6 Å². The van der Waals surface area contributed by atoms with E-state index in [1.165, 1.54) is 31.2 Å². The number of hydrogen-bond acceptors (Lipinski definition) is 5. The second-order valence-electron chi connectivity index (χ2n) is 3.99. The molecule has 112 valence electrons. The first-order valence-electron chi connectivity index (χ1n) is 5.93. The predicted molar refractivity (Wildman–Crippen MR) is 77.1 cm³/mol. The molecule has 0 fully saturated rings. The summed E-state index contributed by atoms with van der Waals surface area (Å²) in [6.45, 7) is 3.04. The monoisotopic (exact) mass is 312 g/mol. The van der Waals surface area contributed by atoms with Crippen LogP contribution in [0.5, 0.6) is 0 Å². The van der Waals surface area contributed by atoms with Gasteiger partial charge in [-0.05, 0) is 19.9 Å². The van der Waals surface area contributed by atoms with Crippen molar-refractivity contribution >= 4 is 34.9 Å². The number of halogens is 1. The Kier molecular flexibility index (Phi) is 5.86. The molecule has 8 heteroatoms. The second kappa shape index (κ2) is 7.39. The minimum absolute atomic E-state index is 0.0181. The molecule has 0 spiro atoms. The summed E-state index contributed by atoms with van der Waals surface area (Å²) in [6, 6.07) is 3.63. The maximum absolute atomic E-state index is 11.8. The Hall–Kier alpha value is -2.41. The number of nitro benzene ring substituents is 1. The van der Waals surface area contributed by atoms with Crippen LogP contribution in [0.25, 0.3) is 0 Å².